The second kappa shape index (κ2) is 9.82. The van der Waals surface area contributed by atoms with Crippen molar-refractivity contribution < 1.29 is 4.74 Å². The van der Waals surface area contributed by atoms with Crippen molar-refractivity contribution in [1.82, 2.24) is 24.8 Å². The second-order valence-corrected chi connectivity index (χ2v) is 9.42. The average Bonchev–Trinajstić information content (AvgIpc) is 3.09. The lowest BCUT2D eigenvalue weighted by Gasteiger charge is -2.17. The molecule has 0 bridgehead atoms. The van der Waals surface area contributed by atoms with Crippen LogP contribution in [0.15, 0.2) is 59.8 Å². The topological polar surface area (TPSA) is 72.3 Å². The molecule has 7 nitrogen and oxygen atoms in total. The maximum Gasteiger partial charge on any atom is 0.259 e. The van der Waals surface area contributed by atoms with Gasteiger partial charge in [0.05, 0.1) is 11.1 Å². The Morgan fingerprint density at radius 2 is 2.06 bits per heavy atom. The van der Waals surface area contributed by atoms with Crippen LogP contribution in [0.25, 0.3) is 21.2 Å². The minimum Gasteiger partial charge on any atom is -0.471 e. The molecule has 0 unspecified atom stereocenters. The van der Waals surface area contributed by atoms with Crippen LogP contribution in [-0.4, -0.2) is 45.6 Å². The van der Waals surface area contributed by atoms with Crippen molar-refractivity contribution in [2.75, 3.05) is 26.2 Å². The van der Waals surface area contributed by atoms with E-state index in [0.29, 0.717) is 12.5 Å². The first-order valence-corrected chi connectivity index (χ1v) is 12.0. The molecule has 8 heteroatoms. The van der Waals surface area contributed by atoms with E-state index in [2.05, 4.69) is 26.3 Å². The average molecular weight is 462 g/mol. The lowest BCUT2D eigenvalue weighted by molar-refractivity contribution is 0.287. The molecule has 4 aromatic rings. The molecule has 0 radical (unpaired) electrons. The first-order valence-electron chi connectivity index (χ1n) is 11.2. The number of aryl methyl sites for hydroxylation is 1. The van der Waals surface area contributed by atoms with Crippen molar-refractivity contribution in [3.63, 3.8) is 0 Å². The van der Waals surface area contributed by atoms with Gasteiger partial charge in [0.15, 0.2) is 0 Å². The van der Waals surface area contributed by atoms with E-state index in [1.54, 1.807) is 28.3 Å². The Bertz CT molecular complexity index is 1290. The molecule has 4 aromatic heterocycles. The number of hydrogen-bond donors (Lipinski definition) is 1. The summed E-state index contributed by atoms with van der Waals surface area (Å²) in [6, 6.07) is 11.7. The van der Waals surface area contributed by atoms with Crippen LogP contribution < -0.4 is 15.6 Å². The van der Waals surface area contributed by atoms with E-state index >= 15 is 0 Å². The van der Waals surface area contributed by atoms with Crippen LogP contribution in [0.3, 0.4) is 0 Å². The van der Waals surface area contributed by atoms with Crippen LogP contribution in [-0.2, 0) is 20.2 Å². The minimum absolute atomic E-state index is 0.0365. The third-order valence-electron chi connectivity index (χ3n) is 5.85. The van der Waals surface area contributed by atoms with E-state index in [-0.39, 0.29) is 5.56 Å². The highest BCUT2D eigenvalue weighted by atomic mass is 32.1. The smallest absolute Gasteiger partial charge is 0.259 e. The van der Waals surface area contributed by atoms with Crippen LogP contribution in [0.5, 0.6) is 5.88 Å². The molecule has 0 saturated carbocycles. The van der Waals surface area contributed by atoms with Gasteiger partial charge in [0.1, 0.15) is 6.61 Å². The van der Waals surface area contributed by atoms with Crippen molar-refractivity contribution in [3.8, 4) is 17.0 Å². The molecule has 0 aromatic carbocycles. The zero-order chi connectivity index (χ0) is 22.6. The number of nitrogens with zero attached hydrogens (tertiary/aromatic N) is 4. The van der Waals surface area contributed by atoms with Crippen LogP contribution in [0.1, 0.15) is 17.0 Å². The van der Waals surface area contributed by atoms with Gasteiger partial charge in [0, 0.05) is 66.5 Å². The van der Waals surface area contributed by atoms with Crippen molar-refractivity contribution in [3.05, 3.63) is 75.9 Å². The molecule has 170 valence electrons. The summed E-state index contributed by atoms with van der Waals surface area (Å²) in [7, 11) is 1.81. The van der Waals surface area contributed by atoms with Gasteiger partial charge in [0.25, 0.3) is 5.56 Å². The third kappa shape index (κ3) is 4.98. The molecular weight excluding hydrogens is 434 g/mol. The monoisotopic (exact) mass is 461 g/mol. The summed E-state index contributed by atoms with van der Waals surface area (Å²) in [4.78, 5) is 25.2. The molecule has 33 heavy (non-hydrogen) atoms. The Morgan fingerprint density at radius 3 is 2.94 bits per heavy atom. The standard InChI is InChI=1S/C25H27N5O2S/c1-29-16-22(18-6-9-28-23(13-18)32-17-19-5-2-3-8-27-19)24-21(25(29)31)14-20(33-24)15-30-11-4-7-26-10-12-30/h2-3,5-6,8-9,13-14,16,26H,4,7,10-12,15,17H2,1H3. The zero-order valence-electron chi connectivity index (χ0n) is 18.7. The van der Waals surface area contributed by atoms with Crippen molar-refractivity contribution >= 4 is 21.4 Å². The predicted molar refractivity (Wildman–Crippen MR) is 132 cm³/mol. The van der Waals surface area contributed by atoms with Crippen molar-refractivity contribution in [2.24, 2.45) is 7.05 Å². The first-order chi connectivity index (χ1) is 16.2. The van der Waals surface area contributed by atoms with Gasteiger partial charge in [0.2, 0.25) is 5.88 Å². The molecular formula is C25H27N5O2S. The van der Waals surface area contributed by atoms with E-state index in [1.807, 2.05) is 43.6 Å². The van der Waals surface area contributed by atoms with Crippen molar-refractivity contribution in [2.45, 2.75) is 19.6 Å². The molecule has 0 aliphatic carbocycles. The largest absolute Gasteiger partial charge is 0.471 e. The fourth-order valence-corrected chi connectivity index (χ4v) is 5.38. The number of fused-ring (bicyclic) bond motifs is 1. The lowest BCUT2D eigenvalue weighted by atomic mass is 10.1. The summed E-state index contributed by atoms with van der Waals surface area (Å²) in [6.07, 6.45) is 6.56. The van der Waals surface area contributed by atoms with Gasteiger partial charge in [-0.25, -0.2) is 4.98 Å². The molecule has 1 fully saturated rings. The van der Waals surface area contributed by atoms with Crippen molar-refractivity contribution in [1.29, 1.82) is 0 Å². The fourth-order valence-electron chi connectivity index (χ4n) is 4.15. The number of aromatic nitrogens is 3. The maximum absolute atomic E-state index is 12.9. The Balaban J connectivity index is 1.45. The van der Waals surface area contributed by atoms with E-state index < -0.39 is 0 Å². The SMILES string of the molecule is Cn1cc(-c2ccnc(OCc3ccccn3)c2)c2sc(CN3CCCNCC3)cc2c1=O. The van der Waals surface area contributed by atoms with Gasteiger partial charge in [-0.1, -0.05) is 6.07 Å². The Labute approximate surface area is 196 Å². The number of pyridine rings is 3. The van der Waals surface area contributed by atoms with Crippen LogP contribution in [0, 0.1) is 0 Å². The second-order valence-electron chi connectivity index (χ2n) is 8.29. The normalized spacial score (nSPS) is 14.9. The van der Waals surface area contributed by atoms with E-state index in [9.17, 15) is 4.79 Å². The van der Waals surface area contributed by atoms with Gasteiger partial charge in [-0.3, -0.25) is 14.7 Å². The maximum atomic E-state index is 12.9. The minimum atomic E-state index is 0.0365. The molecule has 5 heterocycles. The summed E-state index contributed by atoms with van der Waals surface area (Å²) in [5.41, 5.74) is 2.88. The van der Waals surface area contributed by atoms with Gasteiger partial charge < -0.3 is 14.6 Å². The zero-order valence-corrected chi connectivity index (χ0v) is 19.5. The lowest BCUT2D eigenvalue weighted by Crippen LogP contribution is -2.27. The Hall–Kier alpha value is -3.07. The molecule has 1 aliphatic rings. The quantitative estimate of drug-likeness (QED) is 0.474. The number of hydrogen-bond acceptors (Lipinski definition) is 7. The molecule has 5 rings (SSSR count). The number of nitrogens with one attached hydrogen (secondary N) is 1. The molecule has 0 amide bonds. The van der Waals surface area contributed by atoms with Gasteiger partial charge in [-0.2, -0.15) is 0 Å². The summed E-state index contributed by atoms with van der Waals surface area (Å²) in [5.74, 6) is 0.536. The molecule has 1 aliphatic heterocycles. The summed E-state index contributed by atoms with van der Waals surface area (Å²) >= 11 is 1.71. The molecule has 0 atom stereocenters. The van der Waals surface area contributed by atoms with E-state index in [4.69, 9.17) is 4.74 Å². The predicted octanol–water partition coefficient (Wildman–Crippen LogP) is 3.43. The van der Waals surface area contributed by atoms with Gasteiger partial charge >= 0.3 is 0 Å². The highest BCUT2D eigenvalue weighted by Crippen LogP contribution is 2.34. The van der Waals surface area contributed by atoms with Gasteiger partial charge in [-0.05, 0) is 49.3 Å². The fraction of sp³-hybridized carbons (Fsp3) is 0.320. The number of thiophene rings is 1. The summed E-state index contributed by atoms with van der Waals surface area (Å²) in [5, 5.41) is 4.22. The Kier molecular flexibility index (Phi) is 6.48. The van der Waals surface area contributed by atoms with E-state index in [0.717, 1.165) is 66.1 Å². The molecule has 1 saturated heterocycles. The summed E-state index contributed by atoms with van der Waals surface area (Å²) in [6.45, 7) is 5.41. The number of rotatable bonds is 6. The van der Waals surface area contributed by atoms with Crippen LogP contribution >= 0.6 is 11.3 Å². The van der Waals surface area contributed by atoms with E-state index in [1.165, 1.54) is 4.88 Å². The molecule has 0 spiro atoms. The highest BCUT2D eigenvalue weighted by Gasteiger charge is 2.16. The number of ether oxygens (including phenoxy) is 1. The molecule has 1 N–H and O–H groups in total. The van der Waals surface area contributed by atoms with Crippen LogP contribution in [0.4, 0.5) is 0 Å². The first kappa shape index (κ1) is 21.8. The summed E-state index contributed by atoms with van der Waals surface area (Å²) < 4.78 is 8.57. The Morgan fingerprint density at radius 1 is 1.12 bits per heavy atom. The third-order valence-corrected chi connectivity index (χ3v) is 7.01. The van der Waals surface area contributed by atoms with Gasteiger partial charge in [-0.15, -0.1) is 11.3 Å². The van der Waals surface area contributed by atoms with Crippen LogP contribution in [0.2, 0.25) is 0 Å². The highest BCUT2D eigenvalue weighted by molar-refractivity contribution is 7.19.